The first-order valence-corrected chi connectivity index (χ1v) is 17.2. The molecule has 7 unspecified atom stereocenters. The number of aromatic nitrogens is 4. The van der Waals surface area contributed by atoms with Gasteiger partial charge in [0.15, 0.2) is 17.4 Å². The molecular weight excluding hydrogens is 747 g/mol. The van der Waals surface area contributed by atoms with Crippen molar-refractivity contribution >= 4 is 37.8 Å². The van der Waals surface area contributed by atoms with E-state index in [1.54, 1.807) is 0 Å². The predicted octanol–water partition coefficient (Wildman–Crippen LogP) is -0.360. The van der Waals surface area contributed by atoms with Crippen molar-refractivity contribution in [1.82, 2.24) is 19.5 Å². The van der Waals surface area contributed by atoms with E-state index in [4.69, 9.17) is 18.6 Å². The third-order valence-corrected chi connectivity index (χ3v) is 10.2. The fourth-order valence-electron chi connectivity index (χ4n) is 5.19. The van der Waals surface area contributed by atoms with E-state index in [2.05, 4.69) is 28.3 Å². The Kier molecular flexibility index (Phi) is 10.0. The summed E-state index contributed by atoms with van der Waals surface area (Å²) in [6, 6.07) is 3.10. The van der Waals surface area contributed by atoms with Crippen LogP contribution in [-0.4, -0.2) is 106 Å². The molecule has 21 nitrogen and oxygen atoms in total. The molecule has 7 N–H and O–H groups in total. The van der Waals surface area contributed by atoms with Gasteiger partial charge in [0.25, 0.3) is 5.56 Å². The van der Waals surface area contributed by atoms with Crippen LogP contribution in [0.2, 0.25) is 0 Å². The van der Waals surface area contributed by atoms with Gasteiger partial charge in [-0.15, -0.1) is 0 Å². The van der Waals surface area contributed by atoms with E-state index in [0.717, 1.165) is 35.4 Å². The van der Waals surface area contributed by atoms with Gasteiger partial charge in [0.1, 0.15) is 48.0 Å². The van der Waals surface area contributed by atoms with Crippen LogP contribution in [0.15, 0.2) is 50.9 Å². The van der Waals surface area contributed by atoms with E-state index in [1.165, 1.54) is 0 Å². The predicted molar refractivity (Wildman–Crippen MR) is 156 cm³/mol. The highest BCUT2D eigenvalue weighted by atomic mass is 31.3. The number of fused-ring (bicyclic) bond motifs is 2. The molecule has 51 heavy (non-hydrogen) atoms. The first kappa shape index (κ1) is 37.2. The second-order valence-corrected chi connectivity index (χ2v) is 14.0. The number of phosphoric acid groups is 2. The lowest BCUT2D eigenvalue weighted by molar-refractivity contribution is -0.136. The average molecular weight is 772 g/mol. The average Bonchev–Trinajstić information content (AvgIpc) is 3.68. The number of hydrogen-bond acceptors (Lipinski definition) is 17. The van der Waals surface area contributed by atoms with Gasteiger partial charge in [0, 0.05) is 17.5 Å². The van der Waals surface area contributed by atoms with Crippen molar-refractivity contribution in [2.75, 3.05) is 13.2 Å². The molecule has 278 valence electrons. The first-order chi connectivity index (χ1) is 23.8. The van der Waals surface area contributed by atoms with Crippen molar-refractivity contribution in [2.24, 2.45) is 0 Å². The maximum Gasteiger partial charge on any atom is 0.481 e. The van der Waals surface area contributed by atoms with Gasteiger partial charge in [-0.1, -0.05) is 0 Å². The minimum Gasteiger partial charge on any atom is -0.462 e. The Morgan fingerprint density at radius 1 is 0.902 bits per heavy atom. The molecule has 2 aliphatic heterocycles. The largest absolute Gasteiger partial charge is 0.481 e. The number of aliphatic hydroxyl groups is 4. The lowest BCUT2D eigenvalue weighted by Gasteiger charge is -2.20. The Morgan fingerprint density at radius 3 is 2.22 bits per heavy atom. The SMILES string of the molecule is O=c1cc(C(F)(F)F)c2ccc(OC3O[C@H](COP(=O)(O)OP(=O)(O)OCC4OC(n5cnc6c(=O)[nH]cnc65)[C@H](O)[C@@H]4O)C(O)C3O)cc2o1. The molecule has 5 heterocycles. The van der Waals surface area contributed by atoms with Crippen LogP contribution >= 0.6 is 15.6 Å². The Morgan fingerprint density at radius 2 is 1.55 bits per heavy atom. The van der Waals surface area contributed by atoms with E-state index < -0.39 is 112 Å². The van der Waals surface area contributed by atoms with E-state index >= 15 is 0 Å². The molecule has 0 saturated carbocycles. The van der Waals surface area contributed by atoms with Crippen LogP contribution < -0.4 is 15.9 Å². The van der Waals surface area contributed by atoms with Gasteiger partial charge in [-0.05, 0) is 12.1 Å². The van der Waals surface area contributed by atoms with Crippen molar-refractivity contribution in [2.45, 2.75) is 55.3 Å². The van der Waals surface area contributed by atoms with Gasteiger partial charge in [-0.3, -0.25) is 18.4 Å². The van der Waals surface area contributed by atoms with E-state index in [0.29, 0.717) is 0 Å². The smallest absolute Gasteiger partial charge is 0.462 e. The number of nitrogens with one attached hydrogen (secondary N) is 1. The molecular formula is C25H25F3N4O17P2. The number of benzene rings is 1. The molecule has 4 aromatic rings. The summed E-state index contributed by atoms with van der Waals surface area (Å²) in [4.78, 5) is 53.7. The third-order valence-electron chi connectivity index (χ3n) is 7.58. The molecule has 26 heteroatoms. The van der Waals surface area contributed by atoms with Crippen LogP contribution in [0, 0.1) is 0 Å². The zero-order chi connectivity index (χ0) is 37.0. The van der Waals surface area contributed by atoms with Gasteiger partial charge >= 0.3 is 27.4 Å². The van der Waals surface area contributed by atoms with Crippen molar-refractivity contribution in [3.8, 4) is 5.75 Å². The van der Waals surface area contributed by atoms with Gasteiger partial charge in [0.2, 0.25) is 6.29 Å². The molecule has 0 spiro atoms. The van der Waals surface area contributed by atoms with Gasteiger partial charge in [-0.25, -0.2) is 23.9 Å². The lowest BCUT2D eigenvalue weighted by atomic mass is 10.1. The fourth-order valence-corrected chi connectivity index (χ4v) is 7.28. The third kappa shape index (κ3) is 7.78. The molecule has 10 atom stereocenters. The van der Waals surface area contributed by atoms with Crippen LogP contribution in [0.1, 0.15) is 11.8 Å². The van der Waals surface area contributed by atoms with Crippen LogP contribution in [0.3, 0.4) is 0 Å². The Labute approximate surface area is 279 Å². The summed E-state index contributed by atoms with van der Waals surface area (Å²) in [5, 5.41) is 41.1. The molecule has 2 saturated heterocycles. The number of nitrogens with zero attached hydrogens (tertiary/aromatic N) is 3. The molecule has 2 aliphatic rings. The molecule has 0 bridgehead atoms. The van der Waals surface area contributed by atoms with Crippen molar-refractivity contribution in [3.63, 3.8) is 0 Å². The normalized spacial score (nSPS) is 29.4. The summed E-state index contributed by atoms with van der Waals surface area (Å²) in [6.07, 6.45) is -16.2. The monoisotopic (exact) mass is 772 g/mol. The van der Waals surface area contributed by atoms with Crippen LogP contribution in [0.4, 0.5) is 13.2 Å². The standard InChI is InChI=1S/C25H25F3N4O17P2/c26-25(27,28)11-4-15(33)46-12-3-9(1-2-10(11)12)45-24-20(37)18(35)14(48-24)6-44-51(41,42)49-50(39,40)43-5-13-17(34)19(36)23(47-13)32-8-31-16-21(32)29-7-30-22(16)38/h1-4,7-8,13-14,17-20,23-24,34-37H,5-6H2,(H,39,40)(H,41,42)(H,29,30,38)/t13?,14-,17-,18?,19-,20?,23?,24?/m1/s1. The number of aromatic amines is 1. The zero-order valence-corrected chi connectivity index (χ0v) is 26.8. The lowest BCUT2D eigenvalue weighted by Crippen LogP contribution is -2.35. The number of H-pyrrole nitrogens is 1. The quantitative estimate of drug-likeness (QED) is 0.0756. The van der Waals surface area contributed by atoms with Crippen LogP contribution in [-0.2, 0) is 38.1 Å². The summed E-state index contributed by atoms with van der Waals surface area (Å²) in [5.74, 6) is -0.280. The van der Waals surface area contributed by atoms with Crippen LogP contribution in [0.25, 0.3) is 22.1 Å². The maximum absolute atomic E-state index is 13.3. The summed E-state index contributed by atoms with van der Waals surface area (Å²) >= 11 is 0. The van der Waals surface area contributed by atoms with Gasteiger partial charge in [-0.2, -0.15) is 17.5 Å². The number of ether oxygens (including phenoxy) is 3. The van der Waals surface area contributed by atoms with E-state index in [1.807, 2.05) is 0 Å². The zero-order valence-electron chi connectivity index (χ0n) is 25.0. The summed E-state index contributed by atoms with van der Waals surface area (Å²) in [5.41, 5.74) is -3.85. The maximum atomic E-state index is 13.3. The number of imidazole rings is 1. The Balaban J connectivity index is 1.03. The van der Waals surface area contributed by atoms with Gasteiger partial charge in [0.05, 0.1) is 31.4 Å². The summed E-state index contributed by atoms with van der Waals surface area (Å²) in [6.45, 7) is -2.06. The minimum atomic E-state index is -5.51. The summed E-state index contributed by atoms with van der Waals surface area (Å²) in [7, 11) is -11.0. The Bertz CT molecular complexity index is 2150. The highest BCUT2D eigenvalue weighted by molar-refractivity contribution is 7.61. The number of phosphoric ester groups is 2. The van der Waals surface area contributed by atoms with Crippen molar-refractivity contribution < 1.29 is 84.5 Å². The minimum absolute atomic E-state index is 0.0284. The number of alkyl halides is 3. The highest BCUT2D eigenvalue weighted by Gasteiger charge is 2.48. The second kappa shape index (κ2) is 13.7. The Hall–Kier alpha value is -3.61. The molecule has 6 rings (SSSR count). The van der Waals surface area contributed by atoms with Crippen molar-refractivity contribution in [3.05, 3.63) is 63.3 Å². The molecule has 1 aromatic carbocycles. The van der Waals surface area contributed by atoms with Crippen LogP contribution in [0.5, 0.6) is 5.75 Å². The molecule has 3 aromatic heterocycles. The second-order valence-electron chi connectivity index (χ2n) is 11.0. The highest BCUT2D eigenvalue weighted by Crippen LogP contribution is 2.60. The molecule has 2 fully saturated rings. The molecule has 0 radical (unpaired) electrons. The van der Waals surface area contributed by atoms with E-state index in [-0.39, 0.29) is 23.0 Å². The molecule has 0 aliphatic carbocycles. The van der Waals surface area contributed by atoms with Gasteiger partial charge < -0.3 is 53.8 Å². The fraction of sp³-hybridized carbons (Fsp3) is 0.440. The summed E-state index contributed by atoms with van der Waals surface area (Å²) < 4.78 is 100. The topological polar surface area (TPSA) is 305 Å². The van der Waals surface area contributed by atoms with Crippen molar-refractivity contribution in [1.29, 1.82) is 0 Å². The number of halogens is 3. The number of aliphatic hydroxyl groups excluding tert-OH is 4. The van der Waals surface area contributed by atoms with E-state index in [9.17, 15) is 62.1 Å². The number of rotatable bonds is 11. The number of hydrogen-bond donors (Lipinski definition) is 7. The first-order valence-electron chi connectivity index (χ1n) is 14.2. The molecule has 0 amide bonds.